The third-order valence-electron chi connectivity index (χ3n) is 3.21. The average molecular weight is 254 g/mol. The van der Waals surface area contributed by atoms with E-state index in [2.05, 4.69) is 0 Å². The molecule has 98 valence electrons. The van der Waals surface area contributed by atoms with Gasteiger partial charge in [-0.2, -0.15) is 0 Å². The zero-order valence-corrected chi connectivity index (χ0v) is 11.0. The summed E-state index contributed by atoms with van der Waals surface area (Å²) in [6.45, 7) is 1.86. The average Bonchev–Trinajstić information content (AvgIpc) is 2.48. The second kappa shape index (κ2) is 6.30. The number of carbonyl (C=O) groups is 1. The number of carbonyl (C=O) groups excluding carboxylic acids is 1. The number of Topliss-reactive ketones (excluding diaryl/α,β-unsaturated/α-hetero) is 1. The molecule has 2 aromatic carbocycles. The van der Waals surface area contributed by atoms with Gasteiger partial charge in [0.15, 0.2) is 5.78 Å². The van der Waals surface area contributed by atoms with Crippen molar-refractivity contribution in [1.82, 2.24) is 0 Å². The fraction of sp³-hybridized carbons (Fsp3) is 0.235. The van der Waals surface area contributed by atoms with Crippen LogP contribution < -0.4 is 0 Å². The molecule has 2 heteroatoms. The van der Waals surface area contributed by atoms with Crippen LogP contribution in [0.4, 0.5) is 0 Å². The van der Waals surface area contributed by atoms with E-state index in [0.717, 1.165) is 16.7 Å². The zero-order valence-electron chi connectivity index (χ0n) is 11.0. The Hall–Kier alpha value is -1.93. The first kappa shape index (κ1) is 13.5. The lowest BCUT2D eigenvalue weighted by Gasteiger charge is -2.11. The standard InChI is InChI=1S/C17H18O2/c1-2-16(18)15-10-8-13(9-11-15)12-17(19)14-6-4-3-5-7-14/h3-11,17,19H,2,12H2,1H3. The summed E-state index contributed by atoms with van der Waals surface area (Å²) in [4.78, 5) is 11.5. The minimum absolute atomic E-state index is 0.148. The molecule has 0 aromatic heterocycles. The van der Waals surface area contributed by atoms with Crippen LogP contribution in [0.5, 0.6) is 0 Å². The molecule has 1 N–H and O–H groups in total. The van der Waals surface area contributed by atoms with Crippen LogP contribution in [0, 0.1) is 0 Å². The van der Waals surface area contributed by atoms with Crippen LogP contribution in [0.25, 0.3) is 0 Å². The van der Waals surface area contributed by atoms with Gasteiger partial charge in [0.25, 0.3) is 0 Å². The number of rotatable bonds is 5. The van der Waals surface area contributed by atoms with E-state index in [-0.39, 0.29) is 5.78 Å². The predicted molar refractivity (Wildman–Crippen MR) is 76.2 cm³/mol. The van der Waals surface area contributed by atoms with E-state index in [1.807, 2.05) is 61.5 Å². The van der Waals surface area contributed by atoms with Crippen molar-refractivity contribution < 1.29 is 9.90 Å². The highest BCUT2D eigenvalue weighted by Gasteiger charge is 2.08. The Kier molecular flexibility index (Phi) is 4.48. The lowest BCUT2D eigenvalue weighted by Crippen LogP contribution is -2.02. The molecule has 0 aliphatic rings. The van der Waals surface area contributed by atoms with Crippen molar-refractivity contribution >= 4 is 5.78 Å². The molecule has 1 atom stereocenters. The molecule has 0 fully saturated rings. The van der Waals surface area contributed by atoms with Crippen molar-refractivity contribution in [3.05, 3.63) is 71.3 Å². The molecule has 2 rings (SSSR count). The van der Waals surface area contributed by atoms with Crippen molar-refractivity contribution in [2.45, 2.75) is 25.9 Å². The number of hydrogen-bond donors (Lipinski definition) is 1. The Balaban J connectivity index is 2.06. The molecule has 19 heavy (non-hydrogen) atoms. The molecule has 0 saturated carbocycles. The molecular weight excluding hydrogens is 236 g/mol. The first-order valence-corrected chi connectivity index (χ1v) is 6.56. The second-order valence-electron chi connectivity index (χ2n) is 4.60. The fourth-order valence-electron chi connectivity index (χ4n) is 2.05. The summed E-state index contributed by atoms with van der Waals surface area (Å²) in [7, 11) is 0. The summed E-state index contributed by atoms with van der Waals surface area (Å²) in [5, 5.41) is 10.1. The topological polar surface area (TPSA) is 37.3 Å². The summed E-state index contributed by atoms with van der Waals surface area (Å²) < 4.78 is 0. The number of ketones is 1. The van der Waals surface area contributed by atoms with E-state index in [1.54, 1.807) is 0 Å². The number of aliphatic hydroxyl groups excluding tert-OH is 1. The van der Waals surface area contributed by atoms with Crippen LogP contribution in [0.2, 0.25) is 0 Å². The van der Waals surface area contributed by atoms with E-state index in [4.69, 9.17) is 0 Å². The van der Waals surface area contributed by atoms with E-state index in [0.29, 0.717) is 12.8 Å². The molecular formula is C17H18O2. The van der Waals surface area contributed by atoms with Crippen molar-refractivity contribution in [3.8, 4) is 0 Å². The Morgan fingerprint density at radius 1 is 1.05 bits per heavy atom. The van der Waals surface area contributed by atoms with Crippen molar-refractivity contribution in [3.63, 3.8) is 0 Å². The molecule has 0 spiro atoms. The maximum atomic E-state index is 11.5. The van der Waals surface area contributed by atoms with Gasteiger partial charge in [-0.1, -0.05) is 61.5 Å². The second-order valence-corrected chi connectivity index (χ2v) is 4.60. The van der Waals surface area contributed by atoms with Gasteiger partial charge >= 0.3 is 0 Å². The predicted octanol–water partition coefficient (Wildman–Crippen LogP) is 3.56. The number of benzene rings is 2. The molecule has 0 aliphatic carbocycles. The molecule has 2 nitrogen and oxygen atoms in total. The Morgan fingerprint density at radius 3 is 2.26 bits per heavy atom. The largest absolute Gasteiger partial charge is 0.388 e. The Labute approximate surface area is 113 Å². The Morgan fingerprint density at radius 2 is 1.68 bits per heavy atom. The van der Waals surface area contributed by atoms with Gasteiger partial charge in [0, 0.05) is 18.4 Å². The van der Waals surface area contributed by atoms with Gasteiger partial charge in [-0.15, -0.1) is 0 Å². The highest BCUT2D eigenvalue weighted by Crippen LogP contribution is 2.18. The SMILES string of the molecule is CCC(=O)c1ccc(CC(O)c2ccccc2)cc1. The minimum Gasteiger partial charge on any atom is -0.388 e. The zero-order chi connectivity index (χ0) is 13.7. The van der Waals surface area contributed by atoms with Gasteiger partial charge in [-0.05, 0) is 11.1 Å². The lowest BCUT2D eigenvalue weighted by atomic mass is 9.99. The summed E-state index contributed by atoms with van der Waals surface area (Å²) in [6.07, 6.45) is 0.574. The molecule has 0 amide bonds. The third-order valence-corrected chi connectivity index (χ3v) is 3.21. The first-order valence-electron chi connectivity index (χ1n) is 6.56. The van der Waals surface area contributed by atoms with Crippen LogP contribution in [-0.4, -0.2) is 10.9 Å². The summed E-state index contributed by atoms with van der Waals surface area (Å²) >= 11 is 0. The third kappa shape index (κ3) is 3.52. The van der Waals surface area contributed by atoms with Crippen LogP contribution in [0.3, 0.4) is 0 Å². The maximum absolute atomic E-state index is 11.5. The first-order chi connectivity index (χ1) is 9.20. The summed E-state index contributed by atoms with van der Waals surface area (Å²) in [5.41, 5.74) is 2.68. The van der Waals surface area contributed by atoms with Gasteiger partial charge in [0.05, 0.1) is 6.10 Å². The Bertz CT molecular complexity index is 529. The number of aliphatic hydroxyl groups is 1. The van der Waals surface area contributed by atoms with Crippen LogP contribution in [-0.2, 0) is 6.42 Å². The van der Waals surface area contributed by atoms with E-state index in [1.165, 1.54) is 0 Å². The van der Waals surface area contributed by atoms with Gasteiger partial charge < -0.3 is 5.11 Å². The molecule has 0 bridgehead atoms. The molecule has 0 heterocycles. The van der Waals surface area contributed by atoms with Crippen molar-refractivity contribution in [2.24, 2.45) is 0 Å². The lowest BCUT2D eigenvalue weighted by molar-refractivity contribution is 0.0988. The van der Waals surface area contributed by atoms with Crippen molar-refractivity contribution in [1.29, 1.82) is 0 Å². The molecule has 0 aliphatic heterocycles. The molecule has 2 aromatic rings. The quantitative estimate of drug-likeness (QED) is 0.828. The van der Waals surface area contributed by atoms with Gasteiger partial charge in [0.1, 0.15) is 0 Å². The van der Waals surface area contributed by atoms with Gasteiger partial charge in [-0.3, -0.25) is 4.79 Å². The highest BCUT2D eigenvalue weighted by atomic mass is 16.3. The number of hydrogen-bond acceptors (Lipinski definition) is 2. The smallest absolute Gasteiger partial charge is 0.162 e. The summed E-state index contributed by atoms with van der Waals surface area (Å²) in [5.74, 6) is 0.148. The van der Waals surface area contributed by atoms with Crippen LogP contribution in [0.15, 0.2) is 54.6 Å². The minimum atomic E-state index is -0.506. The fourth-order valence-corrected chi connectivity index (χ4v) is 2.05. The van der Waals surface area contributed by atoms with Crippen LogP contribution in [0.1, 0.15) is 40.9 Å². The van der Waals surface area contributed by atoms with E-state index < -0.39 is 6.10 Å². The highest BCUT2D eigenvalue weighted by molar-refractivity contribution is 5.95. The monoisotopic (exact) mass is 254 g/mol. The van der Waals surface area contributed by atoms with Crippen LogP contribution >= 0.6 is 0 Å². The van der Waals surface area contributed by atoms with Gasteiger partial charge in [0.2, 0.25) is 0 Å². The van der Waals surface area contributed by atoms with Crippen molar-refractivity contribution in [2.75, 3.05) is 0 Å². The molecule has 1 unspecified atom stereocenters. The van der Waals surface area contributed by atoms with Gasteiger partial charge in [-0.25, -0.2) is 0 Å². The van der Waals surface area contributed by atoms with E-state index >= 15 is 0 Å². The molecule has 0 saturated heterocycles. The maximum Gasteiger partial charge on any atom is 0.162 e. The summed E-state index contributed by atoms with van der Waals surface area (Å²) in [6, 6.07) is 17.1. The molecule has 0 radical (unpaired) electrons. The normalized spacial score (nSPS) is 12.1. The van der Waals surface area contributed by atoms with E-state index in [9.17, 15) is 9.90 Å².